The smallest absolute Gasteiger partial charge is 0.343 e. The summed E-state index contributed by atoms with van der Waals surface area (Å²) in [5.41, 5.74) is -0.644. The van der Waals surface area contributed by atoms with Gasteiger partial charge in [-0.15, -0.1) is 0 Å². The second-order valence-electron chi connectivity index (χ2n) is 3.24. The number of hydrogen-bond donors (Lipinski definition) is 1. The molecule has 0 atom stereocenters. The van der Waals surface area contributed by atoms with Crippen LogP contribution in [0.1, 0.15) is 10.4 Å². The van der Waals surface area contributed by atoms with Crippen LogP contribution in [0.25, 0.3) is 10.8 Å². The molecule has 17 heavy (non-hydrogen) atoms. The standard InChI is InChI=1S/C11H7NO4.Mg.2H/c13-11(14)10-8-4-2-1-3-7(8)5-6-9(10)12(15)16;;;/h1-6H,(H,13,14);;;. The predicted molar refractivity (Wildman–Crippen MR) is 66.1 cm³/mol. The quantitative estimate of drug-likeness (QED) is 0.493. The number of aromatic carboxylic acids is 1. The molecule has 2 rings (SSSR count). The average molecular weight is 244 g/mol. The van der Waals surface area contributed by atoms with Crippen molar-refractivity contribution >= 4 is 45.5 Å². The fourth-order valence-corrected chi connectivity index (χ4v) is 1.64. The molecule has 0 radical (unpaired) electrons. The van der Waals surface area contributed by atoms with Crippen LogP contribution in [0.15, 0.2) is 36.4 Å². The van der Waals surface area contributed by atoms with Crippen molar-refractivity contribution < 1.29 is 14.8 Å². The van der Waals surface area contributed by atoms with Crippen LogP contribution in [0.5, 0.6) is 0 Å². The minimum atomic E-state index is -1.29. The Hall–Kier alpha value is -1.66. The summed E-state index contributed by atoms with van der Waals surface area (Å²) in [6, 6.07) is 9.43. The Morgan fingerprint density at radius 3 is 2.41 bits per heavy atom. The maximum Gasteiger partial charge on any atom is 0.343 e. The number of nitro benzene ring substituents is 1. The summed E-state index contributed by atoms with van der Waals surface area (Å²) >= 11 is 0. The summed E-state index contributed by atoms with van der Waals surface area (Å²) in [7, 11) is 0. The van der Waals surface area contributed by atoms with Gasteiger partial charge in [0.1, 0.15) is 5.56 Å². The van der Waals surface area contributed by atoms with Gasteiger partial charge in [0.15, 0.2) is 0 Å². The molecule has 0 aliphatic rings. The molecule has 0 saturated carbocycles. The number of rotatable bonds is 2. The molecule has 0 aromatic heterocycles. The Labute approximate surface area is 112 Å². The van der Waals surface area contributed by atoms with E-state index in [4.69, 9.17) is 5.11 Å². The normalized spacial score (nSPS) is 9.65. The molecule has 0 amide bonds. The van der Waals surface area contributed by atoms with Crippen LogP contribution in [-0.4, -0.2) is 39.1 Å². The lowest BCUT2D eigenvalue weighted by molar-refractivity contribution is -0.385. The molecule has 2 aromatic carbocycles. The van der Waals surface area contributed by atoms with Gasteiger partial charge in [0.2, 0.25) is 0 Å². The Balaban J connectivity index is 0.00000144. The molecule has 2 aromatic rings. The number of carbonyl (C=O) groups is 1. The predicted octanol–water partition coefficient (Wildman–Crippen LogP) is 1.53. The van der Waals surface area contributed by atoms with Crippen molar-refractivity contribution in [2.45, 2.75) is 0 Å². The highest BCUT2D eigenvalue weighted by atomic mass is 24.3. The summed E-state index contributed by atoms with van der Waals surface area (Å²) in [5, 5.41) is 20.8. The van der Waals surface area contributed by atoms with Gasteiger partial charge in [-0.2, -0.15) is 0 Å². The van der Waals surface area contributed by atoms with Crippen LogP contribution >= 0.6 is 0 Å². The Morgan fingerprint density at radius 2 is 1.82 bits per heavy atom. The first kappa shape index (κ1) is 13.4. The monoisotopic (exact) mass is 243 g/mol. The molecule has 1 N–H and O–H groups in total. The summed E-state index contributed by atoms with van der Waals surface area (Å²) in [6.07, 6.45) is 0. The number of nitrogens with zero attached hydrogens (tertiary/aromatic N) is 1. The molecular weight excluding hydrogens is 234 g/mol. The molecular formula is C11H9MgNO4. The molecule has 0 heterocycles. The van der Waals surface area contributed by atoms with Gasteiger partial charge in [-0.05, 0) is 11.5 Å². The minimum Gasteiger partial charge on any atom is -0.477 e. The highest BCUT2D eigenvalue weighted by Gasteiger charge is 2.22. The van der Waals surface area contributed by atoms with Gasteiger partial charge in [-0.25, -0.2) is 4.79 Å². The highest BCUT2D eigenvalue weighted by molar-refractivity contribution is 6.07. The fourth-order valence-electron chi connectivity index (χ4n) is 1.64. The van der Waals surface area contributed by atoms with Crippen molar-refractivity contribution in [2.24, 2.45) is 0 Å². The van der Waals surface area contributed by atoms with Crippen LogP contribution in [0.3, 0.4) is 0 Å². The van der Waals surface area contributed by atoms with E-state index in [1.54, 1.807) is 30.3 Å². The van der Waals surface area contributed by atoms with Gasteiger partial charge >= 0.3 is 29.0 Å². The zero-order valence-electron chi connectivity index (χ0n) is 8.08. The van der Waals surface area contributed by atoms with E-state index in [-0.39, 0.29) is 34.3 Å². The summed E-state index contributed by atoms with van der Waals surface area (Å²) in [5.74, 6) is -1.29. The van der Waals surface area contributed by atoms with Crippen LogP contribution in [-0.2, 0) is 0 Å². The van der Waals surface area contributed by atoms with Crippen LogP contribution in [0, 0.1) is 10.1 Å². The minimum absolute atomic E-state index is 0. The number of fused-ring (bicyclic) bond motifs is 1. The van der Waals surface area contributed by atoms with E-state index in [9.17, 15) is 14.9 Å². The van der Waals surface area contributed by atoms with Crippen molar-refractivity contribution in [1.82, 2.24) is 0 Å². The number of carboxylic acid groups (broad SMARTS) is 1. The first-order valence-corrected chi connectivity index (χ1v) is 4.50. The third kappa shape index (κ3) is 2.37. The first-order valence-electron chi connectivity index (χ1n) is 4.50. The lowest BCUT2D eigenvalue weighted by Gasteiger charge is -2.02. The van der Waals surface area contributed by atoms with Gasteiger partial charge in [0.25, 0.3) is 5.69 Å². The van der Waals surface area contributed by atoms with E-state index >= 15 is 0 Å². The lowest BCUT2D eigenvalue weighted by atomic mass is 10.0. The number of hydrogen-bond acceptors (Lipinski definition) is 3. The molecule has 0 fully saturated rings. The van der Waals surface area contributed by atoms with Crippen LogP contribution < -0.4 is 0 Å². The van der Waals surface area contributed by atoms with Crippen molar-refractivity contribution in [3.05, 3.63) is 52.1 Å². The van der Waals surface area contributed by atoms with Crippen molar-refractivity contribution in [1.29, 1.82) is 0 Å². The lowest BCUT2D eigenvalue weighted by Crippen LogP contribution is -2.03. The molecule has 0 aliphatic carbocycles. The first-order chi connectivity index (χ1) is 7.61. The van der Waals surface area contributed by atoms with Crippen molar-refractivity contribution in [2.75, 3.05) is 0 Å². The van der Waals surface area contributed by atoms with Crippen LogP contribution in [0.4, 0.5) is 5.69 Å². The second-order valence-corrected chi connectivity index (χ2v) is 3.24. The fraction of sp³-hybridized carbons (Fsp3) is 0. The molecule has 84 valence electrons. The number of benzene rings is 2. The Morgan fingerprint density at radius 1 is 1.18 bits per heavy atom. The van der Waals surface area contributed by atoms with E-state index < -0.39 is 10.9 Å². The SMILES string of the molecule is O=C(O)c1c([N+](=O)[O-])ccc2ccccc12.[MgH2]. The summed E-state index contributed by atoms with van der Waals surface area (Å²) in [4.78, 5) is 21.1. The number of nitro groups is 1. The maximum atomic E-state index is 11.0. The molecule has 0 bridgehead atoms. The topological polar surface area (TPSA) is 80.4 Å². The molecule has 0 aliphatic heterocycles. The van der Waals surface area contributed by atoms with Gasteiger partial charge in [-0.1, -0.05) is 24.3 Å². The van der Waals surface area contributed by atoms with Gasteiger partial charge < -0.3 is 5.11 Å². The Bertz CT molecular complexity index is 597. The van der Waals surface area contributed by atoms with E-state index in [2.05, 4.69) is 0 Å². The van der Waals surface area contributed by atoms with E-state index in [0.29, 0.717) is 10.8 Å². The molecule has 0 saturated heterocycles. The molecule has 6 heteroatoms. The second kappa shape index (κ2) is 5.11. The summed E-state index contributed by atoms with van der Waals surface area (Å²) in [6.45, 7) is 0. The zero-order valence-corrected chi connectivity index (χ0v) is 8.08. The van der Waals surface area contributed by atoms with Crippen molar-refractivity contribution in [3.63, 3.8) is 0 Å². The van der Waals surface area contributed by atoms with E-state index in [1.165, 1.54) is 6.07 Å². The van der Waals surface area contributed by atoms with Gasteiger partial charge in [0.05, 0.1) is 4.92 Å². The largest absolute Gasteiger partial charge is 0.477 e. The molecule has 5 nitrogen and oxygen atoms in total. The zero-order chi connectivity index (χ0) is 11.7. The van der Waals surface area contributed by atoms with Crippen molar-refractivity contribution in [3.8, 4) is 0 Å². The van der Waals surface area contributed by atoms with Crippen LogP contribution in [0.2, 0.25) is 0 Å². The van der Waals surface area contributed by atoms with Gasteiger partial charge in [0, 0.05) is 11.5 Å². The number of carboxylic acids is 1. The maximum absolute atomic E-state index is 11.0. The van der Waals surface area contributed by atoms with E-state index in [0.717, 1.165) is 0 Å². The van der Waals surface area contributed by atoms with E-state index in [1.807, 2.05) is 0 Å². The summed E-state index contributed by atoms with van der Waals surface area (Å²) < 4.78 is 0. The highest BCUT2D eigenvalue weighted by Crippen LogP contribution is 2.27. The third-order valence-corrected chi connectivity index (χ3v) is 2.32. The third-order valence-electron chi connectivity index (χ3n) is 2.32. The Kier molecular flexibility index (Phi) is 4.03. The molecule has 0 spiro atoms. The van der Waals surface area contributed by atoms with Gasteiger partial charge in [-0.3, -0.25) is 10.1 Å². The molecule has 0 unspecified atom stereocenters. The average Bonchev–Trinajstić information content (AvgIpc) is 2.27.